The van der Waals surface area contributed by atoms with Crippen molar-refractivity contribution in [3.8, 4) is 11.5 Å². The number of aliphatic carboxylic acids is 1. The van der Waals surface area contributed by atoms with E-state index in [1.165, 1.54) is 13.8 Å². The van der Waals surface area contributed by atoms with E-state index in [-0.39, 0.29) is 35.7 Å². The number of anilines is 1. The van der Waals surface area contributed by atoms with E-state index in [0.29, 0.717) is 31.2 Å². The molecule has 1 N–H and O–H groups in total. The van der Waals surface area contributed by atoms with E-state index in [2.05, 4.69) is 10.3 Å². The fourth-order valence-corrected chi connectivity index (χ4v) is 3.74. The molecule has 0 amide bonds. The van der Waals surface area contributed by atoms with Gasteiger partial charge in [0.1, 0.15) is 22.6 Å². The topological polar surface area (TPSA) is 99.9 Å². The van der Waals surface area contributed by atoms with Crippen molar-refractivity contribution in [3.05, 3.63) is 84.3 Å². The van der Waals surface area contributed by atoms with Gasteiger partial charge in [0.2, 0.25) is 5.89 Å². The Balaban J connectivity index is 0.00000400. The zero-order valence-electron chi connectivity index (χ0n) is 22.6. The molecule has 0 radical (unpaired) electrons. The molecule has 9 heteroatoms. The minimum atomic E-state index is -1.40. The van der Waals surface area contributed by atoms with Crippen LogP contribution in [0.3, 0.4) is 0 Å². The number of ether oxygens (including phenoxy) is 2. The van der Waals surface area contributed by atoms with Crippen LogP contribution in [-0.2, 0) is 11.3 Å². The summed E-state index contributed by atoms with van der Waals surface area (Å²) in [6, 6.07) is 22.9. The second-order valence-electron chi connectivity index (χ2n) is 9.53. The Morgan fingerprint density at radius 3 is 2.47 bits per heavy atom. The predicted molar refractivity (Wildman–Crippen MR) is 141 cm³/mol. The molecule has 0 saturated carbocycles. The summed E-state index contributed by atoms with van der Waals surface area (Å²) >= 11 is 0. The molecular weight excluding hydrogens is 493 g/mol. The van der Waals surface area contributed by atoms with E-state index in [4.69, 9.17) is 13.9 Å². The Kier molecular flexibility index (Phi) is 10.2. The fraction of sp³-hybridized carbons (Fsp3) is 0.310. The van der Waals surface area contributed by atoms with E-state index in [1.54, 1.807) is 12.1 Å². The predicted octanol–water partition coefficient (Wildman–Crippen LogP) is 1.11. The van der Waals surface area contributed by atoms with Crippen LogP contribution in [0.25, 0.3) is 11.1 Å². The van der Waals surface area contributed by atoms with Crippen LogP contribution in [0.4, 0.5) is 5.69 Å². The number of nitrogens with zero attached hydrogens (tertiary/aromatic N) is 2. The Bertz CT molecular complexity index is 1300. The number of nitrogens with one attached hydrogen (secondary N) is 1. The van der Waals surface area contributed by atoms with Crippen LogP contribution < -0.4 is 54.4 Å². The summed E-state index contributed by atoms with van der Waals surface area (Å²) in [5.74, 6) is 0.494. The quantitative estimate of drug-likeness (QED) is 0.217. The van der Waals surface area contributed by atoms with Gasteiger partial charge in [-0.05, 0) is 62.4 Å². The molecule has 38 heavy (non-hydrogen) atoms. The van der Waals surface area contributed by atoms with Gasteiger partial charge in [0.05, 0.1) is 5.97 Å². The summed E-state index contributed by atoms with van der Waals surface area (Å²) < 4.78 is 17.9. The number of benzene rings is 3. The normalized spacial score (nSPS) is 12.0. The molecule has 4 aromatic rings. The van der Waals surface area contributed by atoms with Gasteiger partial charge in [0.15, 0.2) is 11.7 Å². The van der Waals surface area contributed by atoms with Crippen molar-refractivity contribution < 1.29 is 53.3 Å². The standard InChI is InChI=1S/C29H33N3O5.Na/c1-29(2,28(33)34)37-22-14-12-20(13-15-22)19-30-17-16-26(27-31-24-10-5-6-11-25(24)36-27)35-23-9-7-8-21(18-23)32(3)4;/h5-15,18,26,30H,16-17,19H2,1-4H3,(H,33,34);/q;+1/p-1. The molecule has 0 aliphatic rings. The van der Waals surface area contributed by atoms with Crippen LogP contribution >= 0.6 is 0 Å². The number of rotatable bonds is 12. The van der Waals surface area contributed by atoms with Crippen LogP contribution in [0, 0.1) is 0 Å². The van der Waals surface area contributed by atoms with Gasteiger partial charge in [-0.1, -0.05) is 30.3 Å². The van der Waals surface area contributed by atoms with Gasteiger partial charge in [-0.2, -0.15) is 0 Å². The van der Waals surface area contributed by atoms with E-state index in [9.17, 15) is 9.90 Å². The van der Waals surface area contributed by atoms with Crippen LogP contribution in [0.5, 0.6) is 11.5 Å². The molecule has 1 atom stereocenters. The summed E-state index contributed by atoms with van der Waals surface area (Å²) in [5, 5.41) is 14.6. The van der Waals surface area contributed by atoms with E-state index >= 15 is 0 Å². The number of para-hydroxylation sites is 2. The smallest absolute Gasteiger partial charge is 0.546 e. The average Bonchev–Trinajstić information content (AvgIpc) is 3.31. The molecule has 4 rings (SSSR count). The SMILES string of the molecule is CN(C)c1cccc(OC(CCNCc2ccc(OC(C)(C)C(=O)[O-])cc2)c2nc3ccccc3o2)c1.[Na+]. The van der Waals surface area contributed by atoms with Crippen molar-refractivity contribution in [1.29, 1.82) is 0 Å². The van der Waals surface area contributed by atoms with Gasteiger partial charge in [0, 0.05) is 38.8 Å². The number of carboxylic acid groups (broad SMARTS) is 1. The number of hydrogen-bond acceptors (Lipinski definition) is 8. The third kappa shape index (κ3) is 7.74. The van der Waals surface area contributed by atoms with Crippen molar-refractivity contribution in [2.24, 2.45) is 0 Å². The van der Waals surface area contributed by atoms with Crippen molar-refractivity contribution in [2.75, 3.05) is 25.5 Å². The van der Waals surface area contributed by atoms with Crippen LogP contribution in [-0.4, -0.2) is 37.2 Å². The van der Waals surface area contributed by atoms with Crippen molar-refractivity contribution in [1.82, 2.24) is 10.3 Å². The maximum atomic E-state index is 11.2. The van der Waals surface area contributed by atoms with Crippen molar-refractivity contribution >= 4 is 22.8 Å². The molecule has 0 fully saturated rings. The van der Waals surface area contributed by atoms with Crippen molar-refractivity contribution in [3.63, 3.8) is 0 Å². The fourth-order valence-electron chi connectivity index (χ4n) is 3.74. The first-order valence-corrected chi connectivity index (χ1v) is 12.2. The number of fused-ring (bicyclic) bond motifs is 1. The summed E-state index contributed by atoms with van der Waals surface area (Å²) in [5.41, 5.74) is 2.21. The molecule has 8 nitrogen and oxygen atoms in total. The van der Waals surface area contributed by atoms with E-state index in [0.717, 1.165) is 28.1 Å². The second-order valence-corrected chi connectivity index (χ2v) is 9.53. The maximum absolute atomic E-state index is 11.2. The number of carboxylic acids is 1. The zero-order chi connectivity index (χ0) is 26.4. The van der Waals surface area contributed by atoms with Gasteiger partial charge in [-0.15, -0.1) is 0 Å². The number of oxazole rings is 1. The van der Waals surface area contributed by atoms with Gasteiger partial charge in [0.25, 0.3) is 0 Å². The minimum Gasteiger partial charge on any atom is -0.546 e. The molecule has 0 aliphatic carbocycles. The summed E-state index contributed by atoms with van der Waals surface area (Å²) in [6.07, 6.45) is 0.264. The molecule has 3 aromatic carbocycles. The van der Waals surface area contributed by atoms with Gasteiger partial charge < -0.3 is 34.0 Å². The number of carbonyl (C=O) groups excluding carboxylic acids is 1. The molecule has 1 aromatic heterocycles. The molecule has 0 aliphatic heterocycles. The Morgan fingerprint density at radius 2 is 1.79 bits per heavy atom. The molecule has 1 unspecified atom stereocenters. The van der Waals surface area contributed by atoms with Crippen LogP contribution in [0.15, 0.2) is 77.2 Å². The second kappa shape index (κ2) is 13.2. The van der Waals surface area contributed by atoms with Crippen molar-refractivity contribution in [2.45, 2.75) is 38.5 Å². The monoisotopic (exact) mass is 525 g/mol. The van der Waals surface area contributed by atoms with Crippen LogP contribution in [0.2, 0.25) is 0 Å². The minimum absolute atomic E-state index is 0. The zero-order valence-corrected chi connectivity index (χ0v) is 24.6. The average molecular weight is 526 g/mol. The molecule has 0 spiro atoms. The third-order valence-electron chi connectivity index (χ3n) is 5.90. The number of carbonyl (C=O) groups is 1. The molecule has 194 valence electrons. The first-order valence-electron chi connectivity index (χ1n) is 12.2. The number of hydrogen-bond donors (Lipinski definition) is 1. The largest absolute Gasteiger partial charge is 1.00 e. The summed E-state index contributed by atoms with van der Waals surface area (Å²) in [7, 11) is 3.98. The van der Waals surface area contributed by atoms with E-state index in [1.807, 2.05) is 79.7 Å². The summed E-state index contributed by atoms with van der Waals surface area (Å²) in [4.78, 5) is 17.9. The molecule has 0 saturated heterocycles. The van der Waals surface area contributed by atoms with E-state index < -0.39 is 11.6 Å². The van der Waals surface area contributed by atoms with Gasteiger partial charge >= 0.3 is 29.6 Å². The Hall–Kier alpha value is -3.04. The van der Waals surface area contributed by atoms with Crippen LogP contribution in [0.1, 0.15) is 37.8 Å². The Labute approximate surface area is 245 Å². The first-order chi connectivity index (χ1) is 17.7. The molecule has 1 heterocycles. The Morgan fingerprint density at radius 1 is 1.05 bits per heavy atom. The van der Waals surface area contributed by atoms with Gasteiger partial charge in [-0.3, -0.25) is 0 Å². The first kappa shape index (κ1) is 29.5. The molecule has 0 bridgehead atoms. The van der Waals surface area contributed by atoms with Gasteiger partial charge in [-0.25, -0.2) is 4.98 Å². The third-order valence-corrected chi connectivity index (χ3v) is 5.90. The molecular formula is C29H32N3NaO5. The summed E-state index contributed by atoms with van der Waals surface area (Å²) in [6.45, 7) is 4.21. The number of aromatic nitrogens is 1. The maximum Gasteiger partial charge on any atom is 1.00 e.